The molecule has 106 valence electrons. The van der Waals surface area contributed by atoms with E-state index in [0.717, 1.165) is 19.4 Å². The lowest BCUT2D eigenvalue weighted by Crippen LogP contribution is -2.45. The zero-order valence-corrected chi connectivity index (χ0v) is 11.8. The van der Waals surface area contributed by atoms with Gasteiger partial charge in [0.15, 0.2) is 0 Å². The van der Waals surface area contributed by atoms with Gasteiger partial charge in [-0.05, 0) is 25.2 Å². The molecule has 1 fully saturated rings. The minimum Gasteiger partial charge on any atom is -0.378 e. The molecule has 0 saturated heterocycles. The fourth-order valence-corrected chi connectivity index (χ4v) is 2.22. The van der Waals surface area contributed by atoms with Crippen molar-refractivity contribution in [2.75, 3.05) is 13.2 Å². The van der Waals surface area contributed by atoms with Crippen LogP contribution in [-0.2, 0) is 9.53 Å². The molecule has 1 aliphatic carbocycles. The van der Waals surface area contributed by atoms with Crippen molar-refractivity contribution in [3.63, 3.8) is 0 Å². The predicted molar refractivity (Wildman–Crippen MR) is 73.3 cm³/mol. The van der Waals surface area contributed by atoms with Gasteiger partial charge in [0, 0.05) is 13.2 Å². The molecule has 0 spiro atoms. The Balaban J connectivity index is 2.01. The Morgan fingerprint density at radius 2 is 2.11 bits per heavy atom. The minimum absolute atomic E-state index is 0.0368. The fraction of sp³-hybridized carbons (Fsp3) is 0.929. The number of carbonyl (C=O) groups excluding carboxylic acids is 1. The molecule has 4 heteroatoms. The molecule has 0 heterocycles. The molecule has 1 aliphatic rings. The van der Waals surface area contributed by atoms with Gasteiger partial charge >= 0.3 is 0 Å². The van der Waals surface area contributed by atoms with Crippen LogP contribution >= 0.6 is 0 Å². The van der Waals surface area contributed by atoms with Crippen molar-refractivity contribution in [2.45, 2.75) is 64.5 Å². The molecule has 2 atom stereocenters. The van der Waals surface area contributed by atoms with Crippen molar-refractivity contribution in [3.8, 4) is 0 Å². The smallest absolute Gasteiger partial charge is 0.237 e. The van der Waals surface area contributed by atoms with Gasteiger partial charge in [-0.3, -0.25) is 4.79 Å². The normalized spacial score (nSPS) is 19.7. The van der Waals surface area contributed by atoms with E-state index < -0.39 is 0 Å². The third-order valence-corrected chi connectivity index (χ3v) is 3.84. The van der Waals surface area contributed by atoms with Gasteiger partial charge in [-0.1, -0.05) is 33.1 Å². The van der Waals surface area contributed by atoms with Crippen LogP contribution in [0.4, 0.5) is 0 Å². The van der Waals surface area contributed by atoms with Crippen molar-refractivity contribution in [1.82, 2.24) is 5.32 Å². The van der Waals surface area contributed by atoms with Crippen molar-refractivity contribution < 1.29 is 9.53 Å². The Bertz CT molecular complexity index is 240. The second-order valence-electron chi connectivity index (χ2n) is 5.33. The van der Waals surface area contributed by atoms with Gasteiger partial charge in [-0.2, -0.15) is 0 Å². The molecular weight excluding hydrogens is 228 g/mol. The van der Waals surface area contributed by atoms with Gasteiger partial charge in [0.05, 0.1) is 12.1 Å². The van der Waals surface area contributed by atoms with E-state index in [1.165, 1.54) is 25.7 Å². The van der Waals surface area contributed by atoms with Crippen LogP contribution in [-0.4, -0.2) is 31.2 Å². The Morgan fingerprint density at radius 3 is 2.72 bits per heavy atom. The molecule has 0 aromatic carbocycles. The summed E-state index contributed by atoms with van der Waals surface area (Å²) in [6.45, 7) is 5.46. The quantitative estimate of drug-likeness (QED) is 0.651. The summed E-state index contributed by atoms with van der Waals surface area (Å²) in [6, 6.07) is -0.384. The van der Waals surface area contributed by atoms with E-state index in [2.05, 4.69) is 5.32 Å². The Hall–Kier alpha value is -0.610. The summed E-state index contributed by atoms with van der Waals surface area (Å²) >= 11 is 0. The van der Waals surface area contributed by atoms with Crippen LogP contribution in [0.1, 0.15) is 52.4 Å². The summed E-state index contributed by atoms with van der Waals surface area (Å²) in [5, 5.41) is 2.88. The molecule has 3 N–H and O–H groups in total. The average Bonchev–Trinajstić information content (AvgIpc) is 2.89. The average molecular weight is 256 g/mol. The highest BCUT2D eigenvalue weighted by atomic mass is 16.5. The molecule has 0 bridgehead atoms. The van der Waals surface area contributed by atoms with E-state index in [1.807, 2.05) is 13.8 Å². The van der Waals surface area contributed by atoms with Gasteiger partial charge in [0.25, 0.3) is 0 Å². The Morgan fingerprint density at radius 1 is 1.44 bits per heavy atom. The summed E-state index contributed by atoms with van der Waals surface area (Å²) in [6.07, 6.45) is 7.25. The molecule has 18 heavy (non-hydrogen) atoms. The third kappa shape index (κ3) is 5.36. The molecule has 1 rings (SSSR count). The first-order valence-corrected chi connectivity index (χ1v) is 7.30. The summed E-state index contributed by atoms with van der Waals surface area (Å²) in [5.74, 6) is 0.199. The molecule has 1 amide bonds. The summed E-state index contributed by atoms with van der Waals surface area (Å²) < 4.78 is 5.73. The monoisotopic (exact) mass is 256 g/mol. The number of nitrogens with two attached hydrogens (primary N) is 1. The van der Waals surface area contributed by atoms with E-state index in [9.17, 15) is 4.79 Å². The number of hydrogen-bond acceptors (Lipinski definition) is 3. The molecule has 2 unspecified atom stereocenters. The maximum absolute atomic E-state index is 11.7. The number of ether oxygens (including phenoxy) is 1. The maximum Gasteiger partial charge on any atom is 0.237 e. The van der Waals surface area contributed by atoms with Crippen LogP contribution in [0.3, 0.4) is 0 Å². The zero-order chi connectivity index (χ0) is 13.4. The lowest BCUT2D eigenvalue weighted by atomic mass is 9.99. The van der Waals surface area contributed by atoms with E-state index in [1.54, 1.807) is 0 Å². The molecule has 0 radical (unpaired) electrons. The summed E-state index contributed by atoms with van der Waals surface area (Å²) in [7, 11) is 0. The number of amides is 1. The molecule has 0 aromatic rings. The van der Waals surface area contributed by atoms with Crippen LogP contribution in [0.2, 0.25) is 0 Å². The van der Waals surface area contributed by atoms with Gasteiger partial charge in [-0.25, -0.2) is 0 Å². The van der Waals surface area contributed by atoms with Crippen LogP contribution in [0, 0.1) is 5.92 Å². The molecular formula is C14H28N2O2. The lowest BCUT2D eigenvalue weighted by Gasteiger charge is -2.18. The Labute approximate surface area is 111 Å². The standard InChI is InChI=1S/C14H28N2O2/c1-3-11(2)13(15)14(17)16-9-6-10-18-12-7-4-5-8-12/h11-13H,3-10,15H2,1-2H3,(H,16,17). The fourth-order valence-electron chi connectivity index (χ4n) is 2.22. The number of carbonyl (C=O) groups is 1. The van der Waals surface area contributed by atoms with Crippen molar-refractivity contribution >= 4 is 5.91 Å². The van der Waals surface area contributed by atoms with Crippen LogP contribution in [0.15, 0.2) is 0 Å². The first-order chi connectivity index (χ1) is 8.65. The van der Waals surface area contributed by atoms with E-state index in [4.69, 9.17) is 10.5 Å². The first kappa shape index (κ1) is 15.4. The number of nitrogens with one attached hydrogen (secondary N) is 1. The predicted octanol–water partition coefficient (Wildman–Crippen LogP) is 1.83. The van der Waals surface area contributed by atoms with E-state index in [0.29, 0.717) is 12.6 Å². The van der Waals surface area contributed by atoms with Gasteiger partial charge in [-0.15, -0.1) is 0 Å². The second kappa shape index (κ2) is 8.48. The van der Waals surface area contributed by atoms with Gasteiger partial charge in [0.2, 0.25) is 5.91 Å². The number of rotatable bonds is 8. The first-order valence-electron chi connectivity index (χ1n) is 7.30. The van der Waals surface area contributed by atoms with Gasteiger partial charge < -0.3 is 15.8 Å². The maximum atomic E-state index is 11.7. The highest BCUT2D eigenvalue weighted by Crippen LogP contribution is 2.20. The second-order valence-corrected chi connectivity index (χ2v) is 5.33. The molecule has 1 saturated carbocycles. The summed E-state index contributed by atoms with van der Waals surface area (Å²) in [5.41, 5.74) is 5.84. The van der Waals surface area contributed by atoms with Crippen LogP contribution < -0.4 is 11.1 Å². The lowest BCUT2D eigenvalue weighted by molar-refractivity contribution is -0.123. The SMILES string of the molecule is CCC(C)C(N)C(=O)NCCCOC1CCCC1. The molecule has 4 nitrogen and oxygen atoms in total. The van der Waals surface area contributed by atoms with Crippen LogP contribution in [0.25, 0.3) is 0 Å². The number of hydrogen-bond donors (Lipinski definition) is 2. The highest BCUT2D eigenvalue weighted by molar-refractivity contribution is 5.81. The zero-order valence-electron chi connectivity index (χ0n) is 11.8. The molecule has 0 aliphatic heterocycles. The largest absolute Gasteiger partial charge is 0.378 e. The molecule has 0 aromatic heterocycles. The third-order valence-electron chi connectivity index (χ3n) is 3.84. The minimum atomic E-state index is -0.384. The topological polar surface area (TPSA) is 64.4 Å². The van der Waals surface area contributed by atoms with Crippen molar-refractivity contribution in [1.29, 1.82) is 0 Å². The van der Waals surface area contributed by atoms with Crippen molar-refractivity contribution in [2.24, 2.45) is 11.7 Å². The van der Waals surface area contributed by atoms with Gasteiger partial charge in [0.1, 0.15) is 0 Å². The van der Waals surface area contributed by atoms with Crippen LogP contribution in [0.5, 0.6) is 0 Å². The summed E-state index contributed by atoms with van der Waals surface area (Å²) in [4.78, 5) is 11.7. The van der Waals surface area contributed by atoms with Crippen molar-refractivity contribution in [3.05, 3.63) is 0 Å². The van der Waals surface area contributed by atoms with E-state index in [-0.39, 0.29) is 17.9 Å². The van der Waals surface area contributed by atoms with E-state index >= 15 is 0 Å². The highest BCUT2D eigenvalue weighted by Gasteiger charge is 2.18. The Kier molecular flexibility index (Phi) is 7.28.